The molecule has 0 radical (unpaired) electrons. The van der Waals surface area contributed by atoms with Crippen molar-refractivity contribution in [2.45, 2.75) is 25.2 Å². The third kappa shape index (κ3) is 3.35. The van der Waals surface area contributed by atoms with Crippen LogP contribution in [0.1, 0.15) is 29.9 Å². The van der Waals surface area contributed by atoms with Crippen molar-refractivity contribution in [2.75, 3.05) is 40.0 Å². The Balaban J connectivity index is 1.69. The summed E-state index contributed by atoms with van der Waals surface area (Å²) in [4.78, 5) is 6.76. The lowest BCUT2D eigenvalue weighted by Crippen LogP contribution is -2.45. The molecule has 0 bridgehead atoms. The molecule has 1 saturated heterocycles. The second-order valence-electron chi connectivity index (χ2n) is 5.95. The zero-order valence-corrected chi connectivity index (χ0v) is 13.3. The van der Waals surface area contributed by atoms with E-state index in [0.717, 1.165) is 45.0 Å². The highest BCUT2D eigenvalue weighted by atomic mass is 16.5. The summed E-state index contributed by atoms with van der Waals surface area (Å²) in [5.41, 5.74) is 8.94. The Morgan fingerprint density at radius 1 is 1.41 bits per heavy atom. The van der Waals surface area contributed by atoms with Gasteiger partial charge in [-0.05, 0) is 42.5 Å². The molecule has 0 amide bonds. The van der Waals surface area contributed by atoms with Crippen LogP contribution >= 0.6 is 0 Å². The van der Waals surface area contributed by atoms with Gasteiger partial charge in [-0.1, -0.05) is 6.07 Å². The summed E-state index contributed by atoms with van der Waals surface area (Å²) in [6.07, 6.45) is 3.52. The maximum Gasteiger partial charge on any atom is 0.191 e. The van der Waals surface area contributed by atoms with Gasteiger partial charge in [0.1, 0.15) is 5.75 Å². The van der Waals surface area contributed by atoms with E-state index in [1.165, 1.54) is 24.0 Å². The van der Waals surface area contributed by atoms with Crippen LogP contribution < -0.4 is 10.5 Å². The van der Waals surface area contributed by atoms with Crippen LogP contribution in [0.25, 0.3) is 0 Å². The fourth-order valence-electron chi connectivity index (χ4n) is 3.30. The maximum absolute atomic E-state index is 6.13. The molecule has 1 aliphatic carbocycles. The molecule has 1 aromatic rings. The highest BCUT2D eigenvalue weighted by Gasteiger charge is 2.21. The molecule has 3 rings (SSSR count). The Morgan fingerprint density at radius 2 is 2.23 bits per heavy atom. The summed E-state index contributed by atoms with van der Waals surface area (Å²) in [7, 11) is 1.72. The Hall–Kier alpha value is -1.75. The van der Waals surface area contributed by atoms with E-state index in [4.69, 9.17) is 15.2 Å². The number of hydrogen-bond donors (Lipinski definition) is 1. The molecule has 1 atom stereocenters. The van der Waals surface area contributed by atoms with Crippen molar-refractivity contribution in [3.8, 4) is 5.75 Å². The van der Waals surface area contributed by atoms with Crippen molar-refractivity contribution in [1.82, 2.24) is 4.90 Å². The number of nitrogens with zero attached hydrogens (tertiary/aromatic N) is 2. The zero-order valence-electron chi connectivity index (χ0n) is 13.3. The second-order valence-corrected chi connectivity index (χ2v) is 5.95. The summed E-state index contributed by atoms with van der Waals surface area (Å²) in [5, 5.41) is 0. The Morgan fingerprint density at radius 3 is 3.00 bits per heavy atom. The first kappa shape index (κ1) is 15.2. The minimum absolute atomic E-state index is 0.467. The average Bonchev–Trinajstić information content (AvgIpc) is 2.59. The molecule has 0 spiro atoms. The molecule has 5 heteroatoms. The first-order chi connectivity index (χ1) is 10.8. The number of aliphatic imine (C=N–C) groups is 1. The Kier molecular flexibility index (Phi) is 4.83. The predicted octanol–water partition coefficient (Wildman–Crippen LogP) is 1.76. The zero-order chi connectivity index (χ0) is 15.4. The molecule has 0 aromatic heterocycles. The normalized spacial score (nSPS) is 22.3. The Bertz CT molecular complexity index is 539. The van der Waals surface area contributed by atoms with Gasteiger partial charge in [-0.25, -0.2) is 0 Å². The van der Waals surface area contributed by atoms with Crippen LogP contribution in [0.2, 0.25) is 0 Å². The van der Waals surface area contributed by atoms with Crippen molar-refractivity contribution in [3.63, 3.8) is 0 Å². The van der Waals surface area contributed by atoms with Gasteiger partial charge in [0.25, 0.3) is 0 Å². The van der Waals surface area contributed by atoms with Crippen LogP contribution in [0.15, 0.2) is 23.2 Å². The van der Waals surface area contributed by atoms with Crippen molar-refractivity contribution in [2.24, 2.45) is 10.7 Å². The van der Waals surface area contributed by atoms with E-state index in [-0.39, 0.29) is 0 Å². The molecule has 0 saturated carbocycles. The molecule has 1 aromatic carbocycles. The van der Waals surface area contributed by atoms with Crippen molar-refractivity contribution in [3.05, 3.63) is 29.3 Å². The van der Waals surface area contributed by atoms with Crippen molar-refractivity contribution >= 4 is 5.96 Å². The van der Waals surface area contributed by atoms with Crippen LogP contribution in [0.5, 0.6) is 5.75 Å². The number of nitrogens with two attached hydrogens (primary N) is 1. The summed E-state index contributed by atoms with van der Waals surface area (Å²) in [6.45, 7) is 3.93. The van der Waals surface area contributed by atoms with Gasteiger partial charge in [0.2, 0.25) is 0 Å². The van der Waals surface area contributed by atoms with Gasteiger partial charge >= 0.3 is 0 Å². The van der Waals surface area contributed by atoms with Gasteiger partial charge in [-0.3, -0.25) is 4.99 Å². The number of guanidine groups is 1. The van der Waals surface area contributed by atoms with E-state index in [1.54, 1.807) is 7.11 Å². The molecule has 22 heavy (non-hydrogen) atoms. The number of methoxy groups -OCH3 is 1. The van der Waals surface area contributed by atoms with Gasteiger partial charge in [0, 0.05) is 25.6 Å². The predicted molar refractivity (Wildman–Crippen MR) is 87.6 cm³/mol. The van der Waals surface area contributed by atoms with Crippen molar-refractivity contribution in [1.29, 1.82) is 0 Å². The van der Waals surface area contributed by atoms with Crippen molar-refractivity contribution < 1.29 is 9.47 Å². The first-order valence-corrected chi connectivity index (χ1v) is 8.07. The summed E-state index contributed by atoms with van der Waals surface area (Å²) >= 11 is 0. The SMILES string of the molecule is COc1ccc2c(c1)CCC[C@H]2CN=C(N)N1CCOCC1. The topological polar surface area (TPSA) is 60.1 Å². The number of fused-ring (bicyclic) bond motifs is 1. The van der Waals surface area contributed by atoms with E-state index in [0.29, 0.717) is 11.9 Å². The average molecular weight is 303 g/mol. The maximum atomic E-state index is 6.13. The number of hydrogen-bond acceptors (Lipinski definition) is 3. The summed E-state index contributed by atoms with van der Waals surface area (Å²) in [5.74, 6) is 2.06. The molecule has 5 nitrogen and oxygen atoms in total. The number of benzene rings is 1. The fourth-order valence-corrected chi connectivity index (χ4v) is 3.30. The quantitative estimate of drug-likeness (QED) is 0.683. The highest BCUT2D eigenvalue weighted by Crippen LogP contribution is 2.33. The van der Waals surface area contributed by atoms with Gasteiger partial charge < -0.3 is 20.1 Å². The van der Waals surface area contributed by atoms with Crippen LogP contribution in [-0.4, -0.2) is 50.8 Å². The van der Waals surface area contributed by atoms with E-state index in [9.17, 15) is 0 Å². The number of ether oxygens (including phenoxy) is 2. The highest BCUT2D eigenvalue weighted by molar-refractivity contribution is 5.78. The lowest BCUT2D eigenvalue weighted by molar-refractivity contribution is 0.0674. The largest absolute Gasteiger partial charge is 0.497 e. The van der Waals surface area contributed by atoms with E-state index in [1.807, 2.05) is 6.07 Å². The van der Waals surface area contributed by atoms with E-state index >= 15 is 0 Å². The third-order valence-corrected chi connectivity index (χ3v) is 4.60. The van der Waals surface area contributed by atoms with Gasteiger partial charge in [-0.2, -0.15) is 0 Å². The molecular weight excluding hydrogens is 278 g/mol. The fraction of sp³-hybridized carbons (Fsp3) is 0.588. The summed E-state index contributed by atoms with van der Waals surface area (Å²) < 4.78 is 10.7. The first-order valence-electron chi connectivity index (χ1n) is 8.07. The number of aryl methyl sites for hydroxylation is 1. The molecule has 1 heterocycles. The standard InChI is InChI=1S/C17H25N3O2/c1-21-15-5-6-16-13(11-15)3-2-4-14(16)12-19-17(18)20-7-9-22-10-8-20/h5-6,11,14H,2-4,7-10,12H2,1H3,(H2,18,19)/t14-/m0/s1. The number of morpholine rings is 1. The third-order valence-electron chi connectivity index (χ3n) is 4.60. The Labute approximate surface area is 132 Å². The minimum Gasteiger partial charge on any atom is -0.497 e. The molecule has 1 fully saturated rings. The smallest absolute Gasteiger partial charge is 0.191 e. The number of rotatable bonds is 3. The van der Waals surface area contributed by atoms with Crippen LogP contribution in [0, 0.1) is 0 Å². The molecule has 2 aliphatic rings. The monoisotopic (exact) mass is 303 g/mol. The van der Waals surface area contributed by atoms with E-state index < -0.39 is 0 Å². The van der Waals surface area contributed by atoms with Crippen LogP contribution in [0.4, 0.5) is 0 Å². The molecule has 120 valence electrons. The minimum atomic E-state index is 0.467. The lowest BCUT2D eigenvalue weighted by Gasteiger charge is -2.29. The van der Waals surface area contributed by atoms with Gasteiger partial charge in [0.15, 0.2) is 5.96 Å². The van der Waals surface area contributed by atoms with Crippen LogP contribution in [0.3, 0.4) is 0 Å². The molecule has 1 aliphatic heterocycles. The van der Waals surface area contributed by atoms with E-state index in [2.05, 4.69) is 22.0 Å². The molecule has 2 N–H and O–H groups in total. The molecule has 0 unspecified atom stereocenters. The molecular formula is C17H25N3O2. The van der Waals surface area contributed by atoms with Gasteiger partial charge in [-0.15, -0.1) is 0 Å². The van der Waals surface area contributed by atoms with Crippen LogP contribution in [-0.2, 0) is 11.2 Å². The summed E-state index contributed by atoms with van der Waals surface area (Å²) in [6, 6.07) is 6.40. The van der Waals surface area contributed by atoms with Gasteiger partial charge in [0.05, 0.1) is 20.3 Å². The lowest BCUT2D eigenvalue weighted by atomic mass is 9.83. The second kappa shape index (κ2) is 7.01.